The Balaban J connectivity index is 3.87. The van der Waals surface area contributed by atoms with Crippen molar-refractivity contribution in [2.24, 2.45) is 5.41 Å². The van der Waals surface area contributed by atoms with Crippen LogP contribution in [0, 0.1) is 5.41 Å². The molecule has 0 radical (unpaired) electrons. The highest BCUT2D eigenvalue weighted by Crippen LogP contribution is 2.23. The van der Waals surface area contributed by atoms with E-state index in [0.717, 1.165) is 19.3 Å². The van der Waals surface area contributed by atoms with Crippen molar-refractivity contribution in [3.63, 3.8) is 0 Å². The summed E-state index contributed by atoms with van der Waals surface area (Å²) in [5.41, 5.74) is -1.17. The van der Waals surface area contributed by atoms with Crippen molar-refractivity contribution >= 4 is 5.97 Å². The molecule has 0 fully saturated rings. The number of carbonyl (C=O) groups excluding carboxylic acids is 1. The first-order chi connectivity index (χ1) is 10.1. The van der Waals surface area contributed by atoms with E-state index in [4.69, 9.17) is 4.74 Å². The third kappa shape index (κ3) is 7.79. The van der Waals surface area contributed by atoms with Crippen LogP contribution in [0.1, 0.15) is 65.2 Å². The van der Waals surface area contributed by atoms with Crippen LogP contribution >= 0.6 is 0 Å². The lowest BCUT2D eigenvalue weighted by molar-refractivity contribution is -0.163. The third-order valence-electron chi connectivity index (χ3n) is 4.10. The van der Waals surface area contributed by atoms with Gasteiger partial charge in [0.2, 0.25) is 0 Å². The Morgan fingerprint density at radius 1 is 0.952 bits per heavy atom. The van der Waals surface area contributed by atoms with E-state index >= 15 is 0 Å². The zero-order valence-electron chi connectivity index (χ0n) is 13.5. The van der Waals surface area contributed by atoms with Gasteiger partial charge in [0, 0.05) is 6.42 Å². The molecule has 0 amide bonds. The lowest BCUT2D eigenvalue weighted by Gasteiger charge is -2.33. The molecule has 0 saturated carbocycles. The Morgan fingerprint density at radius 2 is 1.43 bits per heavy atom. The molecule has 1 atom stereocenters. The Morgan fingerprint density at radius 3 is 1.90 bits per heavy atom. The SMILES string of the molecule is CCCCCCCCCC(=O)OC(C)C(CO)(CO)CO. The second kappa shape index (κ2) is 12.0. The molecule has 5 heteroatoms. The van der Waals surface area contributed by atoms with Crippen molar-refractivity contribution in [3.8, 4) is 0 Å². The van der Waals surface area contributed by atoms with Crippen molar-refractivity contribution in [3.05, 3.63) is 0 Å². The number of hydrogen-bond donors (Lipinski definition) is 3. The molecule has 0 spiro atoms. The van der Waals surface area contributed by atoms with E-state index in [9.17, 15) is 20.1 Å². The van der Waals surface area contributed by atoms with Crippen molar-refractivity contribution in [1.82, 2.24) is 0 Å². The van der Waals surface area contributed by atoms with Gasteiger partial charge in [-0.15, -0.1) is 0 Å². The highest BCUT2D eigenvalue weighted by Gasteiger charge is 2.37. The highest BCUT2D eigenvalue weighted by molar-refractivity contribution is 5.69. The van der Waals surface area contributed by atoms with Crippen LogP contribution in [0.4, 0.5) is 0 Å². The first-order valence-corrected chi connectivity index (χ1v) is 8.08. The minimum absolute atomic E-state index is 0.337. The van der Waals surface area contributed by atoms with E-state index in [0.29, 0.717) is 6.42 Å². The molecule has 126 valence electrons. The third-order valence-corrected chi connectivity index (χ3v) is 4.10. The summed E-state index contributed by atoms with van der Waals surface area (Å²) in [5, 5.41) is 27.8. The second-order valence-electron chi connectivity index (χ2n) is 5.84. The monoisotopic (exact) mass is 304 g/mol. The van der Waals surface area contributed by atoms with Gasteiger partial charge in [-0.2, -0.15) is 0 Å². The number of hydrogen-bond acceptors (Lipinski definition) is 5. The fraction of sp³-hybridized carbons (Fsp3) is 0.938. The van der Waals surface area contributed by atoms with Crippen LogP contribution in [0.5, 0.6) is 0 Å². The number of ether oxygens (including phenoxy) is 1. The molecule has 0 rings (SSSR count). The Labute approximate surface area is 128 Å². The topological polar surface area (TPSA) is 87.0 Å². The summed E-state index contributed by atoms with van der Waals surface area (Å²) in [4.78, 5) is 11.7. The normalized spacial score (nSPS) is 13.2. The van der Waals surface area contributed by atoms with Crippen LogP contribution in [-0.2, 0) is 9.53 Å². The zero-order chi connectivity index (χ0) is 16.1. The number of aliphatic hydroxyl groups excluding tert-OH is 3. The van der Waals surface area contributed by atoms with Crippen LogP contribution in [0.2, 0.25) is 0 Å². The molecule has 21 heavy (non-hydrogen) atoms. The lowest BCUT2D eigenvalue weighted by atomic mass is 9.85. The van der Waals surface area contributed by atoms with Crippen LogP contribution < -0.4 is 0 Å². The summed E-state index contributed by atoms with van der Waals surface area (Å²) < 4.78 is 5.21. The summed E-state index contributed by atoms with van der Waals surface area (Å²) >= 11 is 0. The van der Waals surface area contributed by atoms with Crippen LogP contribution in [-0.4, -0.2) is 47.2 Å². The first-order valence-electron chi connectivity index (χ1n) is 8.08. The molecule has 0 aliphatic heterocycles. The number of esters is 1. The molecule has 0 saturated heterocycles. The average molecular weight is 304 g/mol. The first kappa shape index (κ1) is 20.3. The van der Waals surface area contributed by atoms with Gasteiger partial charge in [0.05, 0.1) is 25.2 Å². The lowest BCUT2D eigenvalue weighted by Crippen LogP contribution is -2.45. The number of carbonyl (C=O) groups is 1. The molecule has 0 heterocycles. The van der Waals surface area contributed by atoms with Gasteiger partial charge in [-0.25, -0.2) is 0 Å². The number of aliphatic hydroxyl groups is 3. The molecule has 0 bridgehead atoms. The van der Waals surface area contributed by atoms with E-state index in [1.807, 2.05) is 0 Å². The van der Waals surface area contributed by atoms with E-state index < -0.39 is 31.3 Å². The van der Waals surface area contributed by atoms with E-state index in [1.54, 1.807) is 6.92 Å². The molecule has 0 aromatic rings. The van der Waals surface area contributed by atoms with E-state index in [1.165, 1.54) is 25.7 Å². The Kier molecular flexibility index (Phi) is 11.6. The fourth-order valence-electron chi connectivity index (χ4n) is 2.14. The summed E-state index contributed by atoms with van der Waals surface area (Å²) in [6.45, 7) is 2.50. The summed E-state index contributed by atoms with van der Waals surface area (Å²) in [5.74, 6) is -0.337. The van der Waals surface area contributed by atoms with Gasteiger partial charge in [-0.3, -0.25) is 4.79 Å². The van der Waals surface area contributed by atoms with Gasteiger partial charge >= 0.3 is 5.97 Å². The van der Waals surface area contributed by atoms with Crippen molar-refractivity contribution < 1.29 is 24.9 Å². The van der Waals surface area contributed by atoms with Crippen LogP contribution in [0.3, 0.4) is 0 Å². The Bertz CT molecular complexity index is 255. The maximum atomic E-state index is 11.7. The average Bonchev–Trinajstić information content (AvgIpc) is 2.48. The van der Waals surface area contributed by atoms with E-state index in [2.05, 4.69) is 6.92 Å². The van der Waals surface area contributed by atoms with Crippen molar-refractivity contribution in [1.29, 1.82) is 0 Å². The maximum absolute atomic E-state index is 11.7. The molecule has 0 aliphatic rings. The van der Waals surface area contributed by atoms with E-state index in [-0.39, 0.29) is 5.97 Å². The minimum atomic E-state index is -1.17. The fourth-order valence-corrected chi connectivity index (χ4v) is 2.14. The zero-order valence-corrected chi connectivity index (χ0v) is 13.5. The molecular formula is C16H32O5. The van der Waals surface area contributed by atoms with Gasteiger partial charge in [0.25, 0.3) is 0 Å². The van der Waals surface area contributed by atoms with Crippen LogP contribution in [0.25, 0.3) is 0 Å². The molecule has 1 unspecified atom stereocenters. The summed E-state index contributed by atoms with van der Waals surface area (Å²) in [6.07, 6.45) is 7.53. The summed E-state index contributed by atoms with van der Waals surface area (Å²) in [7, 11) is 0. The highest BCUT2D eigenvalue weighted by atomic mass is 16.5. The minimum Gasteiger partial charge on any atom is -0.462 e. The van der Waals surface area contributed by atoms with Crippen molar-refractivity contribution in [2.45, 2.75) is 71.3 Å². The predicted octanol–water partition coefficient (Wildman–Crippen LogP) is 2.02. The van der Waals surface area contributed by atoms with Gasteiger partial charge < -0.3 is 20.1 Å². The number of rotatable bonds is 13. The smallest absolute Gasteiger partial charge is 0.306 e. The van der Waals surface area contributed by atoms with Crippen LogP contribution in [0.15, 0.2) is 0 Å². The maximum Gasteiger partial charge on any atom is 0.306 e. The standard InChI is InChI=1S/C16H32O5/c1-3-4-5-6-7-8-9-10-15(20)21-14(2)16(11-17,12-18)13-19/h14,17-19H,3-13H2,1-2H3. The number of unbranched alkanes of at least 4 members (excludes halogenated alkanes) is 6. The van der Waals surface area contributed by atoms with Gasteiger partial charge in [0.1, 0.15) is 6.10 Å². The molecule has 3 N–H and O–H groups in total. The van der Waals surface area contributed by atoms with Crippen molar-refractivity contribution in [2.75, 3.05) is 19.8 Å². The summed E-state index contributed by atoms with van der Waals surface area (Å²) in [6, 6.07) is 0. The van der Waals surface area contributed by atoms with Gasteiger partial charge in [-0.05, 0) is 13.3 Å². The predicted molar refractivity (Wildman–Crippen MR) is 81.9 cm³/mol. The molecule has 0 aromatic heterocycles. The Hall–Kier alpha value is -0.650. The second-order valence-corrected chi connectivity index (χ2v) is 5.84. The molecule has 5 nitrogen and oxygen atoms in total. The van der Waals surface area contributed by atoms with Gasteiger partial charge in [-0.1, -0.05) is 45.4 Å². The molecule has 0 aromatic carbocycles. The molecule has 0 aliphatic carbocycles. The molecular weight excluding hydrogens is 272 g/mol. The largest absolute Gasteiger partial charge is 0.462 e. The van der Waals surface area contributed by atoms with Gasteiger partial charge in [0.15, 0.2) is 0 Å². The quantitative estimate of drug-likeness (QED) is 0.358.